The van der Waals surface area contributed by atoms with Crippen molar-refractivity contribution < 1.29 is 4.79 Å². The Balaban J connectivity index is 1.76. The van der Waals surface area contributed by atoms with Gasteiger partial charge in [-0.1, -0.05) is 48.2 Å². The van der Waals surface area contributed by atoms with Gasteiger partial charge in [-0.15, -0.1) is 17.9 Å². The van der Waals surface area contributed by atoms with Crippen LogP contribution in [0.4, 0.5) is 0 Å². The zero-order valence-electron chi connectivity index (χ0n) is 15.1. The van der Waals surface area contributed by atoms with Gasteiger partial charge in [0.05, 0.1) is 11.1 Å². The summed E-state index contributed by atoms with van der Waals surface area (Å²) in [6.45, 7) is 7.27. The second-order valence-electron chi connectivity index (χ2n) is 5.92. The summed E-state index contributed by atoms with van der Waals surface area (Å²) in [7, 11) is 0. The molecule has 2 heterocycles. The van der Waals surface area contributed by atoms with Gasteiger partial charge in [0.2, 0.25) is 5.91 Å². The number of carbonyl (C=O) groups excluding carboxylic acids is 1. The second kappa shape index (κ2) is 9.01. The van der Waals surface area contributed by atoms with Crippen molar-refractivity contribution in [2.75, 3.05) is 12.3 Å². The number of thioether (sulfide) groups is 1. The van der Waals surface area contributed by atoms with Crippen LogP contribution >= 0.6 is 23.1 Å². The molecule has 3 rings (SSSR count). The maximum atomic E-state index is 12.7. The number of nitrogens with zero attached hydrogens (tertiary/aromatic N) is 3. The number of hydrogen-bond donors (Lipinski definition) is 0. The third-order valence-corrected chi connectivity index (χ3v) is 5.90. The van der Waals surface area contributed by atoms with Crippen molar-refractivity contribution in [3.05, 3.63) is 70.4 Å². The minimum absolute atomic E-state index is 0.0250. The van der Waals surface area contributed by atoms with Crippen molar-refractivity contribution in [1.29, 1.82) is 0 Å². The van der Waals surface area contributed by atoms with Crippen molar-refractivity contribution in [3.63, 3.8) is 0 Å². The van der Waals surface area contributed by atoms with Gasteiger partial charge >= 0.3 is 0 Å². The molecule has 1 aromatic carbocycles. The van der Waals surface area contributed by atoms with Gasteiger partial charge in [-0.2, -0.15) is 0 Å². The van der Waals surface area contributed by atoms with Crippen LogP contribution in [0, 0.1) is 0 Å². The fourth-order valence-corrected chi connectivity index (χ4v) is 4.44. The highest BCUT2D eigenvalue weighted by molar-refractivity contribution is 7.99. The van der Waals surface area contributed by atoms with Gasteiger partial charge in [-0.05, 0) is 23.9 Å². The Morgan fingerprint density at radius 2 is 2.11 bits per heavy atom. The predicted octanol–water partition coefficient (Wildman–Crippen LogP) is 3.78. The molecule has 0 radical (unpaired) electrons. The van der Waals surface area contributed by atoms with Crippen LogP contribution in [0.2, 0.25) is 0 Å². The van der Waals surface area contributed by atoms with E-state index in [1.54, 1.807) is 16.7 Å². The summed E-state index contributed by atoms with van der Waals surface area (Å²) in [6, 6.07) is 11.7. The number of aromatic nitrogens is 2. The molecule has 0 saturated carbocycles. The number of allylic oxidation sites excluding steroid dienone is 1. The van der Waals surface area contributed by atoms with E-state index in [1.807, 2.05) is 47.5 Å². The molecule has 0 unspecified atom stereocenters. The fourth-order valence-electron chi connectivity index (χ4n) is 2.73. The second-order valence-corrected chi connectivity index (χ2v) is 7.76. The van der Waals surface area contributed by atoms with Crippen LogP contribution < -0.4 is 5.56 Å². The summed E-state index contributed by atoms with van der Waals surface area (Å²) in [5.74, 6) is 0.262. The molecule has 140 valence electrons. The van der Waals surface area contributed by atoms with E-state index < -0.39 is 0 Å². The lowest BCUT2D eigenvalue weighted by Crippen LogP contribution is -2.32. The van der Waals surface area contributed by atoms with E-state index >= 15 is 0 Å². The van der Waals surface area contributed by atoms with Gasteiger partial charge in [-0.25, -0.2) is 4.98 Å². The van der Waals surface area contributed by atoms with Gasteiger partial charge in [0.1, 0.15) is 4.83 Å². The normalized spacial score (nSPS) is 10.9. The highest BCUT2D eigenvalue weighted by atomic mass is 32.2. The number of rotatable bonds is 8. The van der Waals surface area contributed by atoms with Crippen LogP contribution in [-0.2, 0) is 17.9 Å². The lowest BCUT2D eigenvalue weighted by Gasteiger charge is -2.21. The molecule has 0 atom stereocenters. The first-order valence-electron chi connectivity index (χ1n) is 8.67. The summed E-state index contributed by atoms with van der Waals surface area (Å²) in [6.07, 6.45) is 1.67. The number of hydrogen-bond acceptors (Lipinski definition) is 5. The van der Waals surface area contributed by atoms with Gasteiger partial charge < -0.3 is 4.90 Å². The highest BCUT2D eigenvalue weighted by Gasteiger charge is 2.16. The SMILES string of the molecule is C=CCn1c(SCC(=O)N(CC)Cc2ccccc2)nc2sccc2c1=O. The molecule has 0 N–H and O–H groups in total. The average molecular weight is 400 g/mol. The largest absolute Gasteiger partial charge is 0.338 e. The summed E-state index contributed by atoms with van der Waals surface area (Å²) in [4.78, 5) is 32.4. The quantitative estimate of drug-likeness (QED) is 0.329. The van der Waals surface area contributed by atoms with Crippen molar-refractivity contribution in [2.45, 2.75) is 25.2 Å². The molecular weight excluding hydrogens is 378 g/mol. The Hall–Kier alpha value is -2.38. The summed E-state index contributed by atoms with van der Waals surface area (Å²) in [5, 5.41) is 3.02. The molecule has 2 aromatic heterocycles. The van der Waals surface area contributed by atoms with Crippen molar-refractivity contribution in [2.24, 2.45) is 0 Å². The van der Waals surface area contributed by atoms with Crippen LogP contribution in [-0.4, -0.2) is 32.7 Å². The number of amides is 1. The molecule has 0 spiro atoms. The Morgan fingerprint density at radius 3 is 2.81 bits per heavy atom. The molecule has 27 heavy (non-hydrogen) atoms. The highest BCUT2D eigenvalue weighted by Crippen LogP contribution is 2.21. The van der Waals surface area contributed by atoms with Gasteiger partial charge in [0, 0.05) is 19.6 Å². The lowest BCUT2D eigenvalue weighted by molar-refractivity contribution is -0.128. The molecule has 0 aliphatic carbocycles. The molecule has 0 bridgehead atoms. The lowest BCUT2D eigenvalue weighted by atomic mass is 10.2. The molecule has 1 amide bonds. The molecule has 3 aromatic rings. The van der Waals surface area contributed by atoms with E-state index in [9.17, 15) is 9.59 Å². The zero-order chi connectivity index (χ0) is 19.2. The van der Waals surface area contributed by atoms with Crippen LogP contribution in [0.1, 0.15) is 12.5 Å². The van der Waals surface area contributed by atoms with Crippen LogP contribution in [0.3, 0.4) is 0 Å². The van der Waals surface area contributed by atoms with E-state index in [0.717, 1.165) is 5.56 Å². The van der Waals surface area contributed by atoms with Crippen molar-refractivity contribution >= 4 is 39.2 Å². The first-order valence-corrected chi connectivity index (χ1v) is 10.5. The maximum Gasteiger partial charge on any atom is 0.263 e. The number of thiophene rings is 1. The Bertz CT molecular complexity index is 995. The van der Waals surface area contributed by atoms with Gasteiger partial charge in [0.15, 0.2) is 5.16 Å². The summed E-state index contributed by atoms with van der Waals surface area (Å²) in [5.41, 5.74) is 1.01. The van der Waals surface area contributed by atoms with E-state index in [1.165, 1.54) is 23.1 Å². The van der Waals surface area contributed by atoms with E-state index in [-0.39, 0.29) is 17.2 Å². The number of carbonyl (C=O) groups is 1. The predicted molar refractivity (Wildman–Crippen MR) is 112 cm³/mol. The molecule has 0 saturated heterocycles. The van der Waals surface area contributed by atoms with E-state index in [2.05, 4.69) is 11.6 Å². The average Bonchev–Trinajstić information content (AvgIpc) is 3.16. The third kappa shape index (κ3) is 4.48. The smallest absolute Gasteiger partial charge is 0.263 e. The minimum Gasteiger partial charge on any atom is -0.338 e. The fraction of sp³-hybridized carbons (Fsp3) is 0.250. The number of benzene rings is 1. The zero-order valence-corrected chi connectivity index (χ0v) is 16.8. The monoisotopic (exact) mass is 399 g/mol. The van der Waals surface area contributed by atoms with Crippen LogP contribution in [0.15, 0.2) is 64.4 Å². The Labute approximate surface area is 166 Å². The summed E-state index contributed by atoms with van der Waals surface area (Å²) >= 11 is 2.73. The van der Waals surface area contributed by atoms with E-state index in [4.69, 9.17) is 0 Å². The standard InChI is InChI=1S/C20H21N3O2S2/c1-3-11-23-19(25)16-10-12-26-18(16)21-20(23)27-14-17(24)22(4-2)13-15-8-6-5-7-9-15/h3,5-10,12H,1,4,11,13-14H2,2H3. The van der Waals surface area contributed by atoms with Gasteiger partial charge in [-0.3, -0.25) is 14.2 Å². The minimum atomic E-state index is -0.0901. The van der Waals surface area contributed by atoms with Crippen LogP contribution in [0.5, 0.6) is 0 Å². The third-order valence-electron chi connectivity index (χ3n) is 4.14. The maximum absolute atomic E-state index is 12.7. The van der Waals surface area contributed by atoms with Crippen LogP contribution in [0.25, 0.3) is 10.2 Å². The Kier molecular flexibility index (Phi) is 6.47. The molecule has 0 fully saturated rings. The molecular formula is C20H21N3O2S2. The Morgan fingerprint density at radius 1 is 1.33 bits per heavy atom. The first kappa shape index (κ1) is 19.4. The van der Waals surface area contributed by atoms with Crippen molar-refractivity contribution in [1.82, 2.24) is 14.5 Å². The first-order chi connectivity index (χ1) is 13.1. The summed E-state index contributed by atoms with van der Waals surface area (Å²) < 4.78 is 1.58. The van der Waals surface area contributed by atoms with E-state index in [0.29, 0.717) is 35.0 Å². The van der Waals surface area contributed by atoms with Crippen molar-refractivity contribution in [3.8, 4) is 0 Å². The molecule has 7 heteroatoms. The molecule has 0 aliphatic rings. The molecule has 0 aliphatic heterocycles. The van der Waals surface area contributed by atoms with Gasteiger partial charge in [0.25, 0.3) is 5.56 Å². The molecule has 5 nitrogen and oxygen atoms in total. The number of fused-ring (bicyclic) bond motifs is 1. The topological polar surface area (TPSA) is 55.2 Å².